The van der Waals surface area contributed by atoms with E-state index in [0.717, 1.165) is 28.3 Å². The number of hydrogen-bond donors (Lipinski definition) is 2. The van der Waals surface area contributed by atoms with Crippen molar-refractivity contribution in [2.24, 2.45) is 0 Å². The van der Waals surface area contributed by atoms with Crippen molar-refractivity contribution in [2.75, 3.05) is 19.0 Å². The number of benzene rings is 1. The number of methoxy groups -OCH3 is 1. The number of urea groups is 1. The van der Waals surface area contributed by atoms with E-state index in [9.17, 15) is 14.4 Å². The van der Waals surface area contributed by atoms with Gasteiger partial charge in [-0.25, -0.2) is 14.3 Å². The summed E-state index contributed by atoms with van der Waals surface area (Å²) in [5.41, 5.74) is 4.72. The van der Waals surface area contributed by atoms with E-state index in [0.29, 0.717) is 17.9 Å². The molecule has 0 aliphatic carbocycles. The van der Waals surface area contributed by atoms with Gasteiger partial charge < -0.3 is 14.8 Å². The predicted octanol–water partition coefficient (Wildman–Crippen LogP) is 2.49. The number of imide groups is 1. The number of carbonyl (C=O) groups excluding carboxylic acids is 3. The molecule has 3 rings (SSSR count). The average molecular weight is 439 g/mol. The molecule has 0 bridgehead atoms. The third kappa shape index (κ3) is 5.60. The Hall–Kier alpha value is -3.95. The Morgan fingerprint density at radius 2 is 1.81 bits per heavy atom. The van der Waals surface area contributed by atoms with Crippen LogP contribution in [0.25, 0.3) is 5.65 Å². The molecule has 2 N–H and O–H groups in total. The summed E-state index contributed by atoms with van der Waals surface area (Å²) < 4.78 is 11.8. The van der Waals surface area contributed by atoms with Crippen LogP contribution in [-0.2, 0) is 20.7 Å². The van der Waals surface area contributed by atoms with Crippen LogP contribution in [0.4, 0.5) is 10.5 Å². The zero-order valence-corrected chi connectivity index (χ0v) is 18.4. The standard InChI is InChI=1S/C22H25N5O5/c1-13-11-19-23-14(2)18(15(3)27(19)26-13)9-10-21(29)32-12-20(28)25-22(30)24-16-5-7-17(31-4)8-6-16/h5-8,11H,9-10,12H2,1-4H3,(H2,24,25,28,30). The summed E-state index contributed by atoms with van der Waals surface area (Å²) in [5.74, 6) is -0.641. The lowest BCUT2D eigenvalue weighted by Gasteiger charge is -2.11. The van der Waals surface area contributed by atoms with Gasteiger partial charge in [0.1, 0.15) is 5.75 Å². The van der Waals surface area contributed by atoms with Crippen molar-refractivity contribution in [1.82, 2.24) is 19.9 Å². The topological polar surface area (TPSA) is 124 Å². The fraction of sp³-hybridized carbons (Fsp3) is 0.318. The van der Waals surface area contributed by atoms with Gasteiger partial charge in [-0.05, 0) is 57.0 Å². The van der Waals surface area contributed by atoms with Crippen molar-refractivity contribution in [2.45, 2.75) is 33.6 Å². The van der Waals surface area contributed by atoms with Crippen LogP contribution in [0.1, 0.15) is 29.1 Å². The number of nitrogens with zero attached hydrogens (tertiary/aromatic N) is 3. The third-order valence-corrected chi connectivity index (χ3v) is 4.83. The van der Waals surface area contributed by atoms with E-state index in [4.69, 9.17) is 9.47 Å². The molecule has 0 radical (unpaired) electrons. The maximum atomic E-state index is 12.1. The Balaban J connectivity index is 1.45. The summed E-state index contributed by atoms with van der Waals surface area (Å²) >= 11 is 0. The molecule has 2 heterocycles. The fourth-order valence-corrected chi connectivity index (χ4v) is 3.25. The number of ether oxygens (including phenoxy) is 2. The van der Waals surface area contributed by atoms with E-state index in [1.807, 2.05) is 26.8 Å². The van der Waals surface area contributed by atoms with Gasteiger partial charge in [0.25, 0.3) is 5.91 Å². The van der Waals surface area contributed by atoms with E-state index in [-0.39, 0.29) is 6.42 Å². The molecule has 2 aromatic heterocycles. The van der Waals surface area contributed by atoms with Crippen molar-refractivity contribution in [3.05, 3.63) is 53.0 Å². The highest BCUT2D eigenvalue weighted by atomic mass is 16.5. The minimum atomic E-state index is -0.730. The minimum absolute atomic E-state index is 0.0699. The molecular weight excluding hydrogens is 414 g/mol. The fourth-order valence-electron chi connectivity index (χ4n) is 3.25. The molecule has 0 saturated heterocycles. The molecule has 0 saturated carbocycles. The van der Waals surface area contributed by atoms with Crippen LogP contribution in [0.3, 0.4) is 0 Å². The molecule has 3 amide bonds. The lowest BCUT2D eigenvalue weighted by atomic mass is 10.1. The first-order valence-electron chi connectivity index (χ1n) is 9.99. The van der Waals surface area contributed by atoms with Gasteiger partial charge in [-0.1, -0.05) is 0 Å². The molecule has 1 aromatic carbocycles. The highest BCUT2D eigenvalue weighted by Crippen LogP contribution is 2.17. The summed E-state index contributed by atoms with van der Waals surface area (Å²) in [6, 6.07) is 7.76. The van der Waals surface area contributed by atoms with Gasteiger partial charge in [0.2, 0.25) is 0 Å². The van der Waals surface area contributed by atoms with Crippen molar-refractivity contribution in [3.8, 4) is 5.75 Å². The van der Waals surface area contributed by atoms with Crippen molar-refractivity contribution in [3.63, 3.8) is 0 Å². The predicted molar refractivity (Wildman–Crippen MR) is 117 cm³/mol. The Labute approximate surface area is 184 Å². The average Bonchev–Trinajstić information content (AvgIpc) is 3.12. The van der Waals surface area contributed by atoms with Gasteiger partial charge in [-0.2, -0.15) is 5.10 Å². The normalized spacial score (nSPS) is 10.6. The van der Waals surface area contributed by atoms with Crippen molar-refractivity contribution >= 4 is 29.2 Å². The summed E-state index contributed by atoms with van der Waals surface area (Å²) in [7, 11) is 1.53. The maximum absolute atomic E-state index is 12.1. The Morgan fingerprint density at radius 3 is 2.50 bits per heavy atom. The van der Waals surface area contributed by atoms with Gasteiger partial charge >= 0.3 is 12.0 Å². The molecule has 10 heteroatoms. The SMILES string of the molecule is COc1ccc(NC(=O)NC(=O)COC(=O)CCc2c(C)nc3cc(C)nn3c2C)cc1. The second-order valence-corrected chi connectivity index (χ2v) is 7.21. The number of carbonyl (C=O) groups is 3. The molecule has 0 spiro atoms. The lowest BCUT2D eigenvalue weighted by molar-refractivity contribution is -0.148. The molecule has 0 aliphatic rings. The largest absolute Gasteiger partial charge is 0.497 e. The molecule has 3 aromatic rings. The second-order valence-electron chi connectivity index (χ2n) is 7.21. The van der Waals surface area contributed by atoms with Gasteiger partial charge in [0.15, 0.2) is 12.3 Å². The first-order chi connectivity index (χ1) is 15.3. The lowest BCUT2D eigenvalue weighted by Crippen LogP contribution is -2.37. The Morgan fingerprint density at radius 1 is 1.09 bits per heavy atom. The molecule has 0 atom stereocenters. The zero-order chi connectivity index (χ0) is 23.3. The molecule has 10 nitrogen and oxygen atoms in total. The number of rotatable bonds is 7. The van der Waals surface area contributed by atoms with Gasteiger partial charge in [-0.3, -0.25) is 14.9 Å². The number of anilines is 1. The highest BCUT2D eigenvalue weighted by Gasteiger charge is 2.15. The van der Waals surface area contributed by atoms with E-state index in [2.05, 4.69) is 20.7 Å². The van der Waals surface area contributed by atoms with Crippen LogP contribution in [0, 0.1) is 20.8 Å². The number of nitrogens with one attached hydrogen (secondary N) is 2. The van der Waals surface area contributed by atoms with E-state index >= 15 is 0 Å². The van der Waals surface area contributed by atoms with Gasteiger partial charge in [0.05, 0.1) is 12.8 Å². The number of amides is 3. The van der Waals surface area contributed by atoms with E-state index in [1.54, 1.807) is 28.8 Å². The quantitative estimate of drug-likeness (QED) is 0.542. The summed E-state index contributed by atoms with van der Waals surface area (Å²) in [6.07, 6.45) is 0.471. The van der Waals surface area contributed by atoms with Crippen molar-refractivity contribution < 1.29 is 23.9 Å². The molecule has 32 heavy (non-hydrogen) atoms. The summed E-state index contributed by atoms with van der Waals surface area (Å²) in [5, 5.41) is 9.02. The monoisotopic (exact) mass is 439 g/mol. The van der Waals surface area contributed by atoms with Crippen LogP contribution >= 0.6 is 0 Å². The molecule has 168 valence electrons. The summed E-state index contributed by atoms with van der Waals surface area (Å²) in [6.45, 7) is 5.14. The Kier molecular flexibility index (Phi) is 7.04. The van der Waals surface area contributed by atoms with E-state index in [1.165, 1.54) is 7.11 Å². The summed E-state index contributed by atoms with van der Waals surface area (Å²) in [4.78, 5) is 40.4. The maximum Gasteiger partial charge on any atom is 0.325 e. The molecular formula is C22H25N5O5. The third-order valence-electron chi connectivity index (χ3n) is 4.83. The van der Waals surface area contributed by atoms with Crippen LogP contribution in [0.15, 0.2) is 30.3 Å². The molecule has 0 aliphatic heterocycles. The van der Waals surface area contributed by atoms with Crippen LogP contribution < -0.4 is 15.4 Å². The Bertz CT molecular complexity index is 1150. The van der Waals surface area contributed by atoms with E-state index < -0.39 is 24.5 Å². The zero-order valence-electron chi connectivity index (χ0n) is 18.4. The van der Waals surface area contributed by atoms with Gasteiger partial charge in [-0.15, -0.1) is 0 Å². The van der Waals surface area contributed by atoms with Crippen molar-refractivity contribution in [1.29, 1.82) is 0 Å². The van der Waals surface area contributed by atoms with Gasteiger partial charge in [0, 0.05) is 29.6 Å². The first-order valence-corrected chi connectivity index (χ1v) is 9.99. The smallest absolute Gasteiger partial charge is 0.325 e. The molecule has 0 unspecified atom stereocenters. The minimum Gasteiger partial charge on any atom is -0.497 e. The first kappa shape index (κ1) is 22.7. The van der Waals surface area contributed by atoms with Crippen LogP contribution in [0.5, 0.6) is 5.75 Å². The number of aromatic nitrogens is 3. The highest BCUT2D eigenvalue weighted by molar-refractivity contribution is 6.01. The second kappa shape index (κ2) is 9.90. The number of fused-ring (bicyclic) bond motifs is 1. The number of hydrogen-bond acceptors (Lipinski definition) is 7. The number of esters is 1. The van der Waals surface area contributed by atoms with Crippen LogP contribution in [0.2, 0.25) is 0 Å². The molecule has 0 fully saturated rings. The number of aryl methyl sites for hydroxylation is 3. The van der Waals surface area contributed by atoms with Crippen LogP contribution in [-0.4, -0.2) is 46.2 Å².